The van der Waals surface area contributed by atoms with E-state index in [0.717, 1.165) is 22.4 Å². The van der Waals surface area contributed by atoms with E-state index in [1.807, 2.05) is 17.8 Å². The standard InChI is InChI=1S/C17H24ClNS/c1-20-17-7-3-6-15(11-17)19-16-9-13(10-16)12-4-2-5-14(18)8-12/h2,4-5,8,13,15-17,19H,3,6-7,9-11H2,1H3. The van der Waals surface area contributed by atoms with Crippen LogP contribution in [0.15, 0.2) is 24.3 Å². The van der Waals surface area contributed by atoms with E-state index in [4.69, 9.17) is 11.6 Å². The maximum absolute atomic E-state index is 6.08. The van der Waals surface area contributed by atoms with Gasteiger partial charge in [-0.2, -0.15) is 11.8 Å². The van der Waals surface area contributed by atoms with E-state index in [0.29, 0.717) is 5.92 Å². The molecule has 2 aliphatic carbocycles. The van der Waals surface area contributed by atoms with E-state index < -0.39 is 0 Å². The van der Waals surface area contributed by atoms with Crippen LogP contribution in [-0.2, 0) is 0 Å². The minimum atomic E-state index is 0.714. The van der Waals surface area contributed by atoms with Crippen molar-refractivity contribution in [3.05, 3.63) is 34.9 Å². The van der Waals surface area contributed by atoms with Gasteiger partial charge < -0.3 is 5.32 Å². The Morgan fingerprint density at radius 3 is 2.75 bits per heavy atom. The summed E-state index contributed by atoms with van der Waals surface area (Å²) in [5.41, 5.74) is 1.42. The SMILES string of the molecule is CSC1CCCC(NC2CC(c3cccc(Cl)c3)C2)C1. The highest BCUT2D eigenvalue weighted by Crippen LogP contribution is 2.38. The Balaban J connectivity index is 1.46. The van der Waals surface area contributed by atoms with Gasteiger partial charge >= 0.3 is 0 Å². The van der Waals surface area contributed by atoms with Gasteiger partial charge in [0.1, 0.15) is 0 Å². The first-order valence-electron chi connectivity index (χ1n) is 7.79. The van der Waals surface area contributed by atoms with Gasteiger partial charge in [-0.1, -0.05) is 30.2 Å². The van der Waals surface area contributed by atoms with E-state index in [2.05, 4.69) is 29.8 Å². The van der Waals surface area contributed by atoms with Crippen LogP contribution in [0.2, 0.25) is 5.02 Å². The van der Waals surface area contributed by atoms with Crippen molar-refractivity contribution in [2.45, 2.75) is 61.8 Å². The lowest BCUT2D eigenvalue weighted by Gasteiger charge is -2.40. The van der Waals surface area contributed by atoms with Gasteiger partial charge in [-0.25, -0.2) is 0 Å². The molecule has 2 atom stereocenters. The van der Waals surface area contributed by atoms with Gasteiger partial charge in [0, 0.05) is 22.4 Å². The molecular weight excluding hydrogens is 286 g/mol. The molecule has 0 radical (unpaired) electrons. The molecule has 1 N–H and O–H groups in total. The molecule has 1 aromatic carbocycles. The molecule has 0 amide bonds. The molecule has 0 heterocycles. The lowest BCUT2D eigenvalue weighted by molar-refractivity contribution is 0.240. The largest absolute Gasteiger partial charge is 0.311 e. The first-order chi connectivity index (χ1) is 9.74. The second-order valence-corrected chi connectivity index (χ2v) is 7.88. The van der Waals surface area contributed by atoms with E-state index in [9.17, 15) is 0 Å². The second-order valence-electron chi connectivity index (χ2n) is 6.31. The zero-order chi connectivity index (χ0) is 13.9. The van der Waals surface area contributed by atoms with Crippen LogP contribution in [0.3, 0.4) is 0 Å². The molecule has 1 aromatic rings. The average Bonchev–Trinajstić information content (AvgIpc) is 2.42. The van der Waals surface area contributed by atoms with Crippen molar-refractivity contribution in [1.82, 2.24) is 5.32 Å². The van der Waals surface area contributed by atoms with E-state index in [1.165, 1.54) is 44.1 Å². The number of hydrogen-bond donors (Lipinski definition) is 1. The summed E-state index contributed by atoms with van der Waals surface area (Å²) in [6, 6.07) is 9.87. The van der Waals surface area contributed by atoms with Gasteiger partial charge in [-0.05, 0) is 62.0 Å². The number of thioether (sulfide) groups is 1. The molecule has 1 nitrogen and oxygen atoms in total. The quantitative estimate of drug-likeness (QED) is 0.853. The summed E-state index contributed by atoms with van der Waals surface area (Å²) < 4.78 is 0. The second kappa shape index (κ2) is 6.72. The predicted molar refractivity (Wildman–Crippen MR) is 89.9 cm³/mol. The summed E-state index contributed by atoms with van der Waals surface area (Å²) in [6.07, 6.45) is 10.4. The van der Waals surface area contributed by atoms with Gasteiger partial charge in [0.2, 0.25) is 0 Å². The smallest absolute Gasteiger partial charge is 0.0408 e. The zero-order valence-corrected chi connectivity index (χ0v) is 13.7. The first-order valence-corrected chi connectivity index (χ1v) is 9.45. The highest BCUT2D eigenvalue weighted by atomic mass is 35.5. The van der Waals surface area contributed by atoms with Crippen molar-refractivity contribution in [2.24, 2.45) is 0 Å². The Bertz CT molecular complexity index is 444. The van der Waals surface area contributed by atoms with Crippen LogP contribution in [0.25, 0.3) is 0 Å². The Kier molecular flexibility index (Phi) is 4.95. The van der Waals surface area contributed by atoms with Crippen molar-refractivity contribution in [2.75, 3.05) is 6.26 Å². The summed E-state index contributed by atoms with van der Waals surface area (Å²) >= 11 is 8.12. The first kappa shape index (κ1) is 14.7. The van der Waals surface area contributed by atoms with Crippen LogP contribution in [0.4, 0.5) is 0 Å². The third-order valence-electron chi connectivity index (χ3n) is 4.89. The van der Waals surface area contributed by atoms with Crippen LogP contribution in [0, 0.1) is 0 Å². The molecular formula is C17H24ClNS. The fourth-order valence-electron chi connectivity index (χ4n) is 3.63. The fraction of sp³-hybridized carbons (Fsp3) is 0.647. The molecule has 0 spiro atoms. The predicted octanol–water partition coefficient (Wildman–Crippen LogP) is 4.85. The van der Waals surface area contributed by atoms with Crippen LogP contribution in [0.1, 0.15) is 50.0 Å². The number of nitrogens with one attached hydrogen (secondary N) is 1. The molecule has 20 heavy (non-hydrogen) atoms. The minimum absolute atomic E-state index is 0.714. The van der Waals surface area contributed by atoms with Gasteiger partial charge in [0.05, 0.1) is 0 Å². The number of hydrogen-bond acceptors (Lipinski definition) is 2. The van der Waals surface area contributed by atoms with Crippen LogP contribution >= 0.6 is 23.4 Å². The highest BCUT2D eigenvalue weighted by molar-refractivity contribution is 7.99. The highest BCUT2D eigenvalue weighted by Gasteiger charge is 2.32. The summed E-state index contributed by atoms with van der Waals surface area (Å²) in [4.78, 5) is 0. The topological polar surface area (TPSA) is 12.0 Å². The minimum Gasteiger partial charge on any atom is -0.311 e. The van der Waals surface area contributed by atoms with Gasteiger partial charge in [-0.3, -0.25) is 0 Å². The Morgan fingerprint density at radius 1 is 1.15 bits per heavy atom. The van der Waals surface area contributed by atoms with Crippen molar-refractivity contribution in [1.29, 1.82) is 0 Å². The van der Waals surface area contributed by atoms with Crippen LogP contribution in [0.5, 0.6) is 0 Å². The lowest BCUT2D eigenvalue weighted by Crippen LogP contribution is -2.47. The third kappa shape index (κ3) is 3.52. The van der Waals surface area contributed by atoms with Crippen LogP contribution < -0.4 is 5.32 Å². The lowest BCUT2D eigenvalue weighted by atomic mass is 9.75. The maximum Gasteiger partial charge on any atom is 0.0408 e. The molecule has 2 fully saturated rings. The van der Waals surface area contributed by atoms with Crippen molar-refractivity contribution < 1.29 is 0 Å². The van der Waals surface area contributed by atoms with Crippen molar-refractivity contribution in [3.63, 3.8) is 0 Å². The molecule has 0 bridgehead atoms. The average molecular weight is 310 g/mol. The molecule has 2 aliphatic rings. The number of rotatable bonds is 4. The molecule has 0 aliphatic heterocycles. The van der Waals surface area contributed by atoms with E-state index >= 15 is 0 Å². The molecule has 2 unspecified atom stereocenters. The van der Waals surface area contributed by atoms with E-state index in [1.54, 1.807) is 0 Å². The molecule has 3 rings (SSSR count). The maximum atomic E-state index is 6.08. The normalized spacial score (nSPS) is 33.7. The summed E-state index contributed by atoms with van der Waals surface area (Å²) in [7, 11) is 0. The Hall–Kier alpha value is -0.180. The fourth-order valence-corrected chi connectivity index (χ4v) is 4.66. The van der Waals surface area contributed by atoms with Gasteiger partial charge in [-0.15, -0.1) is 0 Å². The Labute approximate surface area is 131 Å². The zero-order valence-electron chi connectivity index (χ0n) is 12.1. The van der Waals surface area contributed by atoms with Crippen LogP contribution in [-0.4, -0.2) is 23.6 Å². The summed E-state index contributed by atoms with van der Waals surface area (Å²) in [5, 5.41) is 5.64. The number of halogens is 1. The van der Waals surface area contributed by atoms with Gasteiger partial charge in [0.15, 0.2) is 0 Å². The molecule has 0 saturated heterocycles. The monoisotopic (exact) mass is 309 g/mol. The summed E-state index contributed by atoms with van der Waals surface area (Å²) in [6.45, 7) is 0. The summed E-state index contributed by atoms with van der Waals surface area (Å²) in [5.74, 6) is 0.714. The third-order valence-corrected chi connectivity index (χ3v) is 6.22. The molecule has 0 aromatic heterocycles. The van der Waals surface area contributed by atoms with Crippen molar-refractivity contribution in [3.8, 4) is 0 Å². The van der Waals surface area contributed by atoms with Crippen molar-refractivity contribution >= 4 is 23.4 Å². The molecule has 2 saturated carbocycles. The molecule has 110 valence electrons. The number of benzene rings is 1. The molecule has 3 heteroatoms. The van der Waals surface area contributed by atoms with Gasteiger partial charge in [0.25, 0.3) is 0 Å². The Morgan fingerprint density at radius 2 is 2.00 bits per heavy atom. The van der Waals surface area contributed by atoms with E-state index in [-0.39, 0.29) is 0 Å².